The molecule has 168 valence electrons. The molecule has 4 rings (SSSR count). The van der Waals surface area contributed by atoms with Gasteiger partial charge in [0, 0.05) is 44.3 Å². The van der Waals surface area contributed by atoms with Crippen LogP contribution in [0.2, 0.25) is 0 Å². The lowest BCUT2D eigenvalue weighted by Crippen LogP contribution is -2.59. The van der Waals surface area contributed by atoms with Crippen molar-refractivity contribution in [2.24, 2.45) is 4.99 Å². The zero-order chi connectivity index (χ0) is 21.5. The third kappa shape index (κ3) is 5.26. The molecule has 0 amide bonds. The molecule has 1 aliphatic heterocycles. The highest BCUT2D eigenvalue weighted by Crippen LogP contribution is 2.35. The van der Waals surface area contributed by atoms with E-state index in [1.165, 1.54) is 64.5 Å². The summed E-state index contributed by atoms with van der Waals surface area (Å²) in [6, 6.07) is 4.15. The van der Waals surface area contributed by atoms with Crippen molar-refractivity contribution >= 4 is 5.96 Å². The van der Waals surface area contributed by atoms with Gasteiger partial charge in [0.05, 0.1) is 0 Å². The number of aryl methyl sites for hydroxylation is 1. The number of aliphatic imine (C=N–C) groups is 1. The number of pyridine rings is 1. The van der Waals surface area contributed by atoms with Crippen LogP contribution in [0.5, 0.6) is 0 Å². The molecule has 2 aromatic heterocycles. The largest absolute Gasteiger partial charge is 0.355 e. The van der Waals surface area contributed by atoms with Gasteiger partial charge >= 0.3 is 0 Å². The summed E-state index contributed by atoms with van der Waals surface area (Å²) in [4.78, 5) is 16.1. The lowest BCUT2D eigenvalue weighted by atomic mass is 9.79. The van der Waals surface area contributed by atoms with E-state index in [-0.39, 0.29) is 0 Å². The third-order valence-corrected chi connectivity index (χ3v) is 6.96. The number of rotatable bonds is 6. The van der Waals surface area contributed by atoms with Crippen LogP contribution in [0, 0.1) is 6.92 Å². The van der Waals surface area contributed by atoms with Gasteiger partial charge in [0.2, 0.25) is 0 Å². The smallest absolute Gasteiger partial charge is 0.191 e. The standard InChI is InChI=1S/C24H37N7/c1-20-26-13-16-31(20)22-10-9-21(17-27-22)18-28-23(25-2)29-19-24(11-5-3-6-12-24)30-14-7-4-8-15-30/h9-10,13,16-17H,3-8,11-12,14-15,18-19H2,1-2H3,(H2,25,28,29). The van der Waals surface area contributed by atoms with Crippen LogP contribution in [0.15, 0.2) is 35.7 Å². The van der Waals surface area contributed by atoms with Crippen LogP contribution in [0.3, 0.4) is 0 Å². The van der Waals surface area contributed by atoms with Crippen LogP contribution in [0.4, 0.5) is 0 Å². The number of hydrogen-bond donors (Lipinski definition) is 2. The van der Waals surface area contributed by atoms with Gasteiger partial charge in [-0.25, -0.2) is 9.97 Å². The Kier molecular flexibility index (Phi) is 7.22. The summed E-state index contributed by atoms with van der Waals surface area (Å²) in [7, 11) is 1.85. The van der Waals surface area contributed by atoms with Crippen LogP contribution in [0.1, 0.15) is 62.8 Å². The van der Waals surface area contributed by atoms with Gasteiger partial charge in [0.15, 0.2) is 5.96 Å². The van der Waals surface area contributed by atoms with Crippen molar-refractivity contribution < 1.29 is 0 Å². The van der Waals surface area contributed by atoms with Crippen LogP contribution < -0.4 is 10.6 Å². The van der Waals surface area contributed by atoms with Crippen molar-refractivity contribution in [3.63, 3.8) is 0 Å². The Balaban J connectivity index is 1.33. The highest BCUT2D eigenvalue weighted by atomic mass is 15.3. The summed E-state index contributed by atoms with van der Waals surface area (Å²) in [5, 5.41) is 7.13. The highest BCUT2D eigenvalue weighted by molar-refractivity contribution is 5.79. The van der Waals surface area contributed by atoms with E-state index in [4.69, 9.17) is 0 Å². The van der Waals surface area contributed by atoms with Gasteiger partial charge < -0.3 is 10.6 Å². The van der Waals surface area contributed by atoms with Crippen molar-refractivity contribution in [3.8, 4) is 5.82 Å². The monoisotopic (exact) mass is 423 g/mol. The minimum Gasteiger partial charge on any atom is -0.355 e. The second-order valence-electron chi connectivity index (χ2n) is 8.98. The number of likely N-dealkylation sites (tertiary alicyclic amines) is 1. The van der Waals surface area contributed by atoms with E-state index in [1.54, 1.807) is 6.20 Å². The van der Waals surface area contributed by atoms with E-state index in [0.29, 0.717) is 12.1 Å². The number of nitrogens with one attached hydrogen (secondary N) is 2. The molecule has 0 atom stereocenters. The molecule has 0 aromatic carbocycles. The molecule has 0 unspecified atom stereocenters. The molecule has 1 aliphatic carbocycles. The Hall–Kier alpha value is -2.41. The average molecular weight is 424 g/mol. The van der Waals surface area contributed by atoms with E-state index < -0.39 is 0 Å². The maximum absolute atomic E-state index is 4.59. The minimum atomic E-state index is 0.294. The van der Waals surface area contributed by atoms with Crippen molar-refractivity contribution in [2.45, 2.75) is 70.4 Å². The second kappa shape index (κ2) is 10.3. The molecule has 2 aliphatic rings. The van der Waals surface area contributed by atoms with Gasteiger partial charge in [-0.2, -0.15) is 0 Å². The summed E-state index contributed by atoms with van der Waals surface area (Å²) in [5.41, 5.74) is 1.43. The molecule has 31 heavy (non-hydrogen) atoms. The summed E-state index contributed by atoms with van der Waals surface area (Å²) < 4.78 is 1.99. The lowest BCUT2D eigenvalue weighted by Gasteiger charge is -2.48. The summed E-state index contributed by atoms with van der Waals surface area (Å²) >= 11 is 0. The van der Waals surface area contributed by atoms with E-state index >= 15 is 0 Å². The topological polar surface area (TPSA) is 70.4 Å². The molecule has 2 N–H and O–H groups in total. The van der Waals surface area contributed by atoms with Crippen LogP contribution >= 0.6 is 0 Å². The molecule has 2 aromatic rings. The van der Waals surface area contributed by atoms with Crippen molar-refractivity contribution in [1.29, 1.82) is 0 Å². The first-order chi connectivity index (χ1) is 15.2. The van der Waals surface area contributed by atoms with Crippen molar-refractivity contribution in [2.75, 3.05) is 26.7 Å². The van der Waals surface area contributed by atoms with Gasteiger partial charge in [-0.15, -0.1) is 0 Å². The van der Waals surface area contributed by atoms with Crippen LogP contribution in [-0.4, -0.2) is 57.6 Å². The molecule has 3 heterocycles. The Morgan fingerprint density at radius 1 is 1.03 bits per heavy atom. The first-order valence-corrected chi connectivity index (χ1v) is 11.8. The number of hydrogen-bond acceptors (Lipinski definition) is 4. The van der Waals surface area contributed by atoms with Gasteiger partial charge in [-0.05, 0) is 57.3 Å². The van der Waals surface area contributed by atoms with Gasteiger partial charge in [0.25, 0.3) is 0 Å². The molecule has 1 saturated carbocycles. The van der Waals surface area contributed by atoms with E-state index in [9.17, 15) is 0 Å². The van der Waals surface area contributed by atoms with E-state index in [2.05, 4.69) is 36.6 Å². The first-order valence-electron chi connectivity index (χ1n) is 11.8. The Morgan fingerprint density at radius 2 is 1.81 bits per heavy atom. The predicted octanol–water partition coefficient (Wildman–Crippen LogP) is 3.43. The quantitative estimate of drug-likeness (QED) is 0.550. The lowest BCUT2D eigenvalue weighted by molar-refractivity contribution is 0.0368. The minimum absolute atomic E-state index is 0.294. The zero-order valence-electron chi connectivity index (χ0n) is 19.1. The van der Waals surface area contributed by atoms with Gasteiger partial charge in [-0.3, -0.25) is 14.5 Å². The maximum Gasteiger partial charge on any atom is 0.191 e. The number of imidazole rings is 1. The molecule has 1 saturated heterocycles. The summed E-state index contributed by atoms with van der Waals surface area (Å²) in [6.07, 6.45) is 16.4. The Labute approximate surface area is 186 Å². The van der Waals surface area contributed by atoms with Crippen LogP contribution in [-0.2, 0) is 6.54 Å². The van der Waals surface area contributed by atoms with Crippen LogP contribution in [0.25, 0.3) is 5.82 Å². The molecule has 7 nitrogen and oxygen atoms in total. The maximum atomic E-state index is 4.59. The van der Waals surface area contributed by atoms with Gasteiger partial charge in [-0.1, -0.05) is 31.7 Å². The predicted molar refractivity (Wildman–Crippen MR) is 126 cm³/mol. The SMILES string of the molecule is CN=C(NCc1ccc(-n2ccnc2C)nc1)NCC1(N2CCCCC2)CCCCC1. The van der Waals surface area contributed by atoms with Gasteiger partial charge in [0.1, 0.15) is 11.6 Å². The molecule has 2 fully saturated rings. The normalized spacial score (nSPS) is 19.9. The number of piperidine rings is 1. The molecule has 7 heteroatoms. The third-order valence-electron chi connectivity index (χ3n) is 6.96. The molecular formula is C24H37N7. The second-order valence-corrected chi connectivity index (χ2v) is 8.98. The summed E-state index contributed by atoms with van der Waals surface area (Å²) in [6.45, 7) is 6.16. The zero-order valence-corrected chi connectivity index (χ0v) is 19.1. The highest BCUT2D eigenvalue weighted by Gasteiger charge is 2.38. The van der Waals surface area contributed by atoms with E-state index in [1.807, 2.05) is 37.0 Å². The number of nitrogens with zero attached hydrogens (tertiary/aromatic N) is 5. The molecular weight excluding hydrogens is 386 g/mol. The molecule has 0 bridgehead atoms. The Bertz CT molecular complexity index is 843. The fraction of sp³-hybridized carbons (Fsp3) is 0.625. The number of guanidine groups is 1. The first kappa shape index (κ1) is 21.8. The summed E-state index contributed by atoms with van der Waals surface area (Å²) in [5.74, 6) is 2.70. The fourth-order valence-electron chi connectivity index (χ4n) is 5.12. The van der Waals surface area contributed by atoms with E-state index in [0.717, 1.165) is 29.7 Å². The molecule has 0 radical (unpaired) electrons. The van der Waals surface area contributed by atoms with Crippen molar-refractivity contribution in [3.05, 3.63) is 42.1 Å². The average Bonchev–Trinajstić information content (AvgIpc) is 3.26. The number of aromatic nitrogens is 3. The fourth-order valence-corrected chi connectivity index (χ4v) is 5.12. The molecule has 0 spiro atoms. The van der Waals surface area contributed by atoms with Crippen molar-refractivity contribution in [1.82, 2.24) is 30.1 Å². The Morgan fingerprint density at radius 3 is 2.45 bits per heavy atom.